The van der Waals surface area contributed by atoms with E-state index in [-0.39, 0.29) is 17.4 Å². The highest BCUT2D eigenvalue weighted by Gasteiger charge is 2.30. The topological polar surface area (TPSA) is 77.1 Å². The molecule has 2 heterocycles. The van der Waals surface area contributed by atoms with Gasteiger partial charge in [-0.25, -0.2) is 4.39 Å². The molecule has 2 aromatic heterocycles. The fraction of sp³-hybridized carbons (Fsp3) is 0.346. The quantitative estimate of drug-likeness (QED) is 0.355. The number of carbonyl (C=O) groups is 1. The summed E-state index contributed by atoms with van der Waals surface area (Å²) in [6, 6.07) is 10.7. The molecule has 1 fully saturated rings. The number of amides is 1. The molecule has 6 nitrogen and oxygen atoms in total. The highest BCUT2D eigenvalue weighted by Crippen LogP contribution is 2.35. The van der Waals surface area contributed by atoms with Crippen LogP contribution in [-0.2, 0) is 0 Å². The number of rotatable bonds is 4. The van der Waals surface area contributed by atoms with E-state index in [0.29, 0.717) is 38.2 Å². The van der Waals surface area contributed by atoms with E-state index in [2.05, 4.69) is 10.5 Å². The van der Waals surface area contributed by atoms with Crippen molar-refractivity contribution < 1.29 is 13.7 Å². The van der Waals surface area contributed by atoms with E-state index in [0.717, 1.165) is 38.5 Å². The minimum absolute atomic E-state index is 0.0457. The number of hydrogen-bond acceptors (Lipinski definition) is 4. The summed E-state index contributed by atoms with van der Waals surface area (Å²) in [6.07, 6.45) is 5.45. The number of hydrogen-bond donors (Lipinski definition) is 1. The van der Waals surface area contributed by atoms with E-state index in [1.807, 2.05) is 6.07 Å². The van der Waals surface area contributed by atoms with E-state index < -0.39 is 12.0 Å². The van der Waals surface area contributed by atoms with Crippen LogP contribution in [-0.4, -0.2) is 15.6 Å². The molecule has 1 aliphatic carbocycles. The molecule has 0 unspecified atom stereocenters. The van der Waals surface area contributed by atoms with E-state index in [1.165, 1.54) is 24.3 Å². The number of fused-ring (bicyclic) bond motifs is 3. The van der Waals surface area contributed by atoms with Crippen LogP contribution in [0.25, 0.3) is 21.8 Å². The van der Waals surface area contributed by atoms with Crippen LogP contribution in [0.3, 0.4) is 0 Å². The predicted molar refractivity (Wildman–Crippen MR) is 130 cm³/mol. The van der Waals surface area contributed by atoms with E-state index >= 15 is 0 Å². The lowest BCUT2D eigenvalue weighted by molar-refractivity contribution is 0.0887. The zero-order valence-electron chi connectivity index (χ0n) is 18.8. The van der Waals surface area contributed by atoms with Gasteiger partial charge in [-0.05, 0) is 62.1 Å². The summed E-state index contributed by atoms with van der Waals surface area (Å²) in [5, 5.41) is 8.65. The first-order chi connectivity index (χ1) is 16.5. The van der Waals surface area contributed by atoms with Crippen molar-refractivity contribution in [2.75, 3.05) is 0 Å². The first-order valence-corrected chi connectivity index (χ1v) is 12.0. The second-order valence-corrected chi connectivity index (χ2v) is 9.36. The van der Waals surface area contributed by atoms with Gasteiger partial charge in [-0.2, -0.15) is 0 Å². The van der Waals surface area contributed by atoms with Crippen LogP contribution >= 0.6 is 11.6 Å². The van der Waals surface area contributed by atoms with Crippen molar-refractivity contribution in [3.05, 3.63) is 75.0 Å². The molecule has 1 aliphatic rings. The molecule has 8 heteroatoms. The normalized spacial score (nSPS) is 16.0. The fourth-order valence-electron chi connectivity index (χ4n) is 5.09. The maximum atomic E-state index is 13.9. The van der Waals surface area contributed by atoms with Gasteiger partial charge in [0.05, 0.1) is 10.5 Å². The van der Waals surface area contributed by atoms with Crippen molar-refractivity contribution in [1.82, 2.24) is 15.0 Å². The van der Waals surface area contributed by atoms with Gasteiger partial charge in [0.1, 0.15) is 28.6 Å². The predicted octanol–water partition coefficient (Wildman–Crippen LogP) is 6.14. The van der Waals surface area contributed by atoms with Gasteiger partial charge in [-0.1, -0.05) is 48.5 Å². The summed E-state index contributed by atoms with van der Waals surface area (Å²) in [4.78, 5) is 27.1. The Morgan fingerprint density at radius 1 is 1.12 bits per heavy atom. The Labute approximate surface area is 200 Å². The molecule has 1 amide bonds. The van der Waals surface area contributed by atoms with Crippen molar-refractivity contribution in [2.24, 2.45) is 5.92 Å². The third-order valence-corrected chi connectivity index (χ3v) is 7.11. The number of benzene rings is 2. The van der Waals surface area contributed by atoms with Gasteiger partial charge in [-0.15, -0.1) is 0 Å². The van der Waals surface area contributed by atoms with Gasteiger partial charge in [0.15, 0.2) is 0 Å². The molecular weight excluding hydrogens is 457 g/mol. The lowest BCUT2D eigenvalue weighted by atomic mass is 9.95. The number of carbonyl (C=O) groups excluding carboxylic acids is 1. The van der Waals surface area contributed by atoms with Gasteiger partial charge in [0.2, 0.25) is 0 Å². The summed E-state index contributed by atoms with van der Waals surface area (Å²) < 4.78 is 20.4. The number of aryl methyl sites for hydroxylation is 1. The summed E-state index contributed by atoms with van der Waals surface area (Å²) >= 11 is 6.58. The van der Waals surface area contributed by atoms with Crippen molar-refractivity contribution >= 4 is 39.3 Å². The van der Waals surface area contributed by atoms with Crippen molar-refractivity contribution in [2.45, 2.75) is 51.6 Å². The lowest BCUT2D eigenvalue weighted by Gasteiger charge is -2.30. The summed E-state index contributed by atoms with van der Waals surface area (Å²) in [5.74, 6) is -0.329. The first kappa shape index (κ1) is 22.6. The molecule has 2 aromatic carbocycles. The van der Waals surface area contributed by atoms with Gasteiger partial charge < -0.3 is 9.84 Å². The maximum absolute atomic E-state index is 13.9. The Hall–Kier alpha value is -3.19. The number of halogens is 2. The highest BCUT2D eigenvalue weighted by molar-refractivity contribution is 6.37. The second-order valence-electron chi connectivity index (χ2n) is 8.95. The third-order valence-electron chi connectivity index (χ3n) is 6.79. The number of nitrogens with one attached hydrogen (secondary N) is 1. The van der Waals surface area contributed by atoms with Gasteiger partial charge in [0.25, 0.3) is 11.5 Å². The average molecular weight is 482 g/mol. The highest BCUT2D eigenvalue weighted by atomic mass is 35.5. The zero-order chi connectivity index (χ0) is 23.8. The number of nitrogens with zero attached hydrogens (tertiary/aromatic N) is 2. The molecule has 176 valence electrons. The van der Waals surface area contributed by atoms with Crippen LogP contribution in [0.15, 0.2) is 51.8 Å². The zero-order valence-corrected chi connectivity index (χ0v) is 19.6. The van der Waals surface area contributed by atoms with E-state index in [4.69, 9.17) is 16.1 Å². The standard InChI is InChI=1S/C26H25ClFN3O3/c1-15-21-23(30-34-15)22-19(27)9-6-10-20(22)31(26(21)33)24(16-7-4-2-3-5-8-16)29-25(32)17-11-13-18(28)14-12-17/h6,9-14,16,24H,2-5,7-8H2,1H3,(H,29,32)/t24-/m1/s1. The van der Waals surface area contributed by atoms with Crippen LogP contribution in [0.2, 0.25) is 5.02 Å². The molecule has 34 heavy (non-hydrogen) atoms. The summed E-state index contributed by atoms with van der Waals surface area (Å²) in [5.41, 5.74) is 1.06. The van der Waals surface area contributed by atoms with Crippen LogP contribution in [0.1, 0.15) is 60.8 Å². The Morgan fingerprint density at radius 2 is 1.82 bits per heavy atom. The molecule has 4 aromatic rings. The monoisotopic (exact) mass is 481 g/mol. The van der Waals surface area contributed by atoms with Gasteiger partial charge in [0, 0.05) is 10.9 Å². The lowest BCUT2D eigenvalue weighted by Crippen LogP contribution is -2.42. The maximum Gasteiger partial charge on any atom is 0.265 e. The average Bonchev–Trinajstić information content (AvgIpc) is 3.03. The van der Waals surface area contributed by atoms with Crippen LogP contribution in [0.5, 0.6) is 0 Å². The van der Waals surface area contributed by atoms with Gasteiger partial charge in [-0.3, -0.25) is 14.2 Å². The third kappa shape index (κ3) is 3.98. The summed E-state index contributed by atoms with van der Waals surface area (Å²) in [6.45, 7) is 1.70. The molecule has 0 bridgehead atoms. The Morgan fingerprint density at radius 3 is 2.53 bits per heavy atom. The molecule has 1 N–H and O–H groups in total. The smallest absolute Gasteiger partial charge is 0.265 e. The molecule has 5 rings (SSSR count). The molecule has 0 saturated heterocycles. The van der Waals surface area contributed by atoms with Gasteiger partial charge >= 0.3 is 0 Å². The van der Waals surface area contributed by atoms with Crippen LogP contribution in [0, 0.1) is 18.7 Å². The fourth-order valence-corrected chi connectivity index (χ4v) is 5.35. The minimum Gasteiger partial charge on any atom is -0.360 e. The molecular formula is C26H25ClFN3O3. The number of aromatic nitrogens is 2. The SMILES string of the molecule is Cc1onc2c1c(=O)n([C@@H](NC(=O)c1ccc(F)cc1)C1CCCCCC1)c1cccc(Cl)c21. The molecule has 0 radical (unpaired) electrons. The molecule has 0 spiro atoms. The second kappa shape index (κ2) is 9.22. The van der Waals surface area contributed by atoms with Crippen LogP contribution < -0.4 is 10.9 Å². The van der Waals surface area contributed by atoms with Crippen molar-refractivity contribution in [1.29, 1.82) is 0 Å². The molecule has 1 saturated carbocycles. The van der Waals surface area contributed by atoms with Crippen molar-refractivity contribution in [3.63, 3.8) is 0 Å². The largest absolute Gasteiger partial charge is 0.360 e. The summed E-state index contributed by atoms with van der Waals surface area (Å²) in [7, 11) is 0. The number of pyridine rings is 1. The molecule has 0 aliphatic heterocycles. The van der Waals surface area contributed by atoms with Crippen molar-refractivity contribution in [3.8, 4) is 0 Å². The van der Waals surface area contributed by atoms with E-state index in [9.17, 15) is 14.0 Å². The van der Waals surface area contributed by atoms with Crippen LogP contribution in [0.4, 0.5) is 4.39 Å². The first-order valence-electron chi connectivity index (χ1n) is 11.6. The Kier molecular flexibility index (Phi) is 6.13. The molecule has 1 atom stereocenters. The van der Waals surface area contributed by atoms with E-state index in [1.54, 1.807) is 23.6 Å². The Balaban J connectivity index is 1.72. The Bertz CT molecular complexity index is 1420. The minimum atomic E-state index is -0.609.